The van der Waals surface area contributed by atoms with Gasteiger partial charge in [-0.05, 0) is 0 Å². The number of nitrogens with zero attached hydrogens (tertiary/aromatic N) is 1. The summed E-state index contributed by atoms with van der Waals surface area (Å²) in [7, 11) is 0. The molecule has 1 aromatic rings. The summed E-state index contributed by atoms with van der Waals surface area (Å²) in [5.41, 5.74) is 1.35. The molecule has 0 aliphatic heterocycles. The fourth-order valence-corrected chi connectivity index (χ4v) is 1.29. The molecule has 1 N–H and O–H groups in total. The van der Waals surface area contributed by atoms with Crippen molar-refractivity contribution in [2.75, 3.05) is 6.61 Å². The van der Waals surface area contributed by atoms with Crippen molar-refractivity contribution in [1.82, 2.24) is 4.98 Å². The second-order valence-electron chi connectivity index (χ2n) is 2.04. The molecular formula is C6H7F2NOS. The summed E-state index contributed by atoms with van der Waals surface area (Å²) in [6.07, 6.45) is 0.593. The van der Waals surface area contributed by atoms with Gasteiger partial charge in [0, 0.05) is 19.2 Å². The zero-order valence-electron chi connectivity index (χ0n) is 5.63. The Morgan fingerprint density at radius 1 is 1.64 bits per heavy atom. The van der Waals surface area contributed by atoms with E-state index in [0.717, 1.165) is 17.5 Å². The zero-order valence-corrected chi connectivity index (χ0v) is 6.44. The van der Waals surface area contributed by atoms with Crippen LogP contribution in [-0.4, -0.2) is 16.7 Å². The third-order valence-corrected chi connectivity index (χ3v) is 2.10. The predicted molar refractivity (Wildman–Crippen MR) is 37.7 cm³/mol. The lowest BCUT2D eigenvalue weighted by atomic mass is 10.2. The Balaban J connectivity index is 2.73. The summed E-state index contributed by atoms with van der Waals surface area (Å²) in [5.74, 6) is -2.92. The summed E-state index contributed by atoms with van der Waals surface area (Å²) >= 11 is 0.898. The minimum atomic E-state index is -2.92. The number of aromatic nitrogens is 1. The highest BCUT2D eigenvalue weighted by molar-refractivity contribution is 7.09. The van der Waals surface area contributed by atoms with E-state index in [2.05, 4.69) is 4.98 Å². The summed E-state index contributed by atoms with van der Waals surface area (Å²) in [6.45, 7) is -0.509. The molecule has 11 heavy (non-hydrogen) atoms. The Labute approximate surface area is 66.5 Å². The maximum absolute atomic E-state index is 12.8. The van der Waals surface area contributed by atoms with Crippen molar-refractivity contribution < 1.29 is 13.9 Å². The number of aliphatic hydroxyl groups excluding tert-OH is 1. The lowest BCUT2D eigenvalue weighted by Gasteiger charge is -2.10. The molecule has 1 aromatic heterocycles. The maximum Gasteiger partial charge on any atom is 0.285 e. The van der Waals surface area contributed by atoms with E-state index in [4.69, 9.17) is 5.11 Å². The normalized spacial score (nSPS) is 11.9. The first-order chi connectivity index (χ1) is 5.17. The molecule has 0 bridgehead atoms. The Bertz CT molecular complexity index is 212. The van der Waals surface area contributed by atoms with Gasteiger partial charge in [0.25, 0.3) is 5.92 Å². The van der Waals surface area contributed by atoms with Crippen LogP contribution in [0.3, 0.4) is 0 Å². The lowest BCUT2D eigenvalue weighted by molar-refractivity contribution is -0.0235. The fourth-order valence-electron chi connectivity index (χ4n) is 0.660. The van der Waals surface area contributed by atoms with Gasteiger partial charge in [-0.15, -0.1) is 11.3 Å². The zero-order chi connectivity index (χ0) is 8.32. The molecule has 0 aliphatic carbocycles. The third kappa shape index (κ3) is 1.94. The smallest absolute Gasteiger partial charge is 0.285 e. The van der Waals surface area contributed by atoms with E-state index >= 15 is 0 Å². The van der Waals surface area contributed by atoms with Crippen molar-refractivity contribution in [3.63, 3.8) is 0 Å². The van der Waals surface area contributed by atoms with Crippen LogP contribution in [0, 0.1) is 0 Å². The summed E-state index contributed by atoms with van der Waals surface area (Å²) in [5, 5.41) is 8.30. The monoisotopic (exact) mass is 179 g/mol. The molecule has 0 saturated carbocycles. The van der Waals surface area contributed by atoms with Crippen molar-refractivity contribution in [3.05, 3.63) is 16.6 Å². The molecule has 0 amide bonds. The van der Waals surface area contributed by atoms with Crippen LogP contribution in [0.15, 0.2) is 11.7 Å². The van der Waals surface area contributed by atoms with Gasteiger partial charge >= 0.3 is 0 Å². The van der Waals surface area contributed by atoms with Crippen molar-refractivity contribution in [2.24, 2.45) is 0 Å². The minimum Gasteiger partial charge on any atom is -0.396 e. The van der Waals surface area contributed by atoms with Gasteiger partial charge in [0.1, 0.15) is 0 Å². The van der Waals surface area contributed by atoms with E-state index in [9.17, 15) is 8.78 Å². The molecule has 62 valence electrons. The molecule has 0 fully saturated rings. The van der Waals surface area contributed by atoms with E-state index in [1.54, 1.807) is 0 Å². The molecule has 0 aliphatic rings. The van der Waals surface area contributed by atoms with Crippen LogP contribution in [0.2, 0.25) is 0 Å². The van der Waals surface area contributed by atoms with E-state index in [0.29, 0.717) is 0 Å². The molecule has 0 aromatic carbocycles. The number of hydrogen-bond acceptors (Lipinski definition) is 3. The van der Waals surface area contributed by atoms with Crippen LogP contribution in [0.5, 0.6) is 0 Å². The first kappa shape index (κ1) is 8.55. The Hall–Kier alpha value is -0.550. The summed E-state index contributed by atoms with van der Waals surface area (Å²) in [6, 6.07) is 0. The van der Waals surface area contributed by atoms with E-state index in [1.807, 2.05) is 0 Å². The Morgan fingerprint density at radius 2 is 2.36 bits per heavy atom. The van der Waals surface area contributed by atoms with Gasteiger partial charge in [0.15, 0.2) is 0 Å². The highest BCUT2D eigenvalue weighted by Crippen LogP contribution is 2.33. The molecule has 1 rings (SSSR count). The highest BCUT2D eigenvalue weighted by Gasteiger charge is 2.32. The molecule has 0 saturated heterocycles. The molecule has 1 heterocycles. The second-order valence-corrected chi connectivity index (χ2v) is 2.93. The largest absolute Gasteiger partial charge is 0.396 e. The maximum atomic E-state index is 12.8. The fraction of sp³-hybridized carbons (Fsp3) is 0.500. The van der Waals surface area contributed by atoms with Crippen LogP contribution in [0.4, 0.5) is 8.78 Å². The van der Waals surface area contributed by atoms with Gasteiger partial charge < -0.3 is 5.11 Å². The lowest BCUT2D eigenvalue weighted by Crippen LogP contribution is -2.13. The van der Waals surface area contributed by atoms with E-state index in [-0.39, 0.29) is 4.88 Å². The average Bonchev–Trinajstić information content (AvgIpc) is 2.37. The summed E-state index contributed by atoms with van der Waals surface area (Å²) in [4.78, 5) is 3.44. The molecule has 5 heteroatoms. The number of thiazole rings is 1. The number of alkyl halides is 2. The number of rotatable bonds is 3. The standard InChI is InChI=1S/C6H7F2NOS/c7-6(8,1-2-10)5-3-9-4-11-5/h3-4,10H,1-2H2. The topological polar surface area (TPSA) is 33.1 Å². The highest BCUT2D eigenvalue weighted by atomic mass is 32.1. The SMILES string of the molecule is OCCC(F)(F)c1cncs1. The number of hydrogen-bond donors (Lipinski definition) is 1. The number of halogens is 2. The van der Waals surface area contributed by atoms with Crippen LogP contribution >= 0.6 is 11.3 Å². The Kier molecular flexibility index (Phi) is 2.51. The van der Waals surface area contributed by atoms with Gasteiger partial charge in [-0.25, -0.2) is 8.78 Å². The first-order valence-corrected chi connectivity index (χ1v) is 3.92. The average molecular weight is 179 g/mol. The van der Waals surface area contributed by atoms with Crippen molar-refractivity contribution in [1.29, 1.82) is 0 Å². The third-order valence-electron chi connectivity index (χ3n) is 1.22. The molecule has 0 atom stereocenters. The van der Waals surface area contributed by atoms with Gasteiger partial charge in [-0.2, -0.15) is 0 Å². The van der Waals surface area contributed by atoms with Crippen molar-refractivity contribution >= 4 is 11.3 Å². The van der Waals surface area contributed by atoms with Crippen molar-refractivity contribution in [2.45, 2.75) is 12.3 Å². The Morgan fingerprint density at radius 3 is 2.82 bits per heavy atom. The van der Waals surface area contributed by atoms with Crippen molar-refractivity contribution in [3.8, 4) is 0 Å². The van der Waals surface area contributed by atoms with Gasteiger partial charge in [0.05, 0.1) is 10.4 Å². The summed E-state index contributed by atoms with van der Waals surface area (Å²) < 4.78 is 25.6. The van der Waals surface area contributed by atoms with Crippen LogP contribution in [-0.2, 0) is 5.92 Å². The van der Waals surface area contributed by atoms with E-state index in [1.165, 1.54) is 5.51 Å². The first-order valence-electron chi connectivity index (χ1n) is 3.04. The predicted octanol–water partition coefficient (Wildman–Crippen LogP) is 1.62. The van der Waals surface area contributed by atoms with Crippen LogP contribution in [0.1, 0.15) is 11.3 Å². The molecule has 0 radical (unpaired) electrons. The molecule has 2 nitrogen and oxygen atoms in total. The van der Waals surface area contributed by atoms with Gasteiger partial charge in [-0.1, -0.05) is 0 Å². The molecule has 0 spiro atoms. The van der Waals surface area contributed by atoms with Gasteiger partial charge in [0.2, 0.25) is 0 Å². The minimum absolute atomic E-state index is 0.0912. The number of aliphatic hydroxyl groups is 1. The molecule has 0 unspecified atom stereocenters. The van der Waals surface area contributed by atoms with Gasteiger partial charge in [-0.3, -0.25) is 4.98 Å². The van der Waals surface area contributed by atoms with Crippen LogP contribution in [0.25, 0.3) is 0 Å². The molecular weight excluding hydrogens is 172 g/mol. The van der Waals surface area contributed by atoms with E-state index < -0.39 is 19.0 Å². The quantitative estimate of drug-likeness (QED) is 0.764. The second kappa shape index (κ2) is 3.23. The van der Waals surface area contributed by atoms with Crippen LogP contribution < -0.4 is 0 Å².